The molecule has 25 heavy (non-hydrogen) atoms. The van der Waals surface area contributed by atoms with E-state index in [4.69, 9.17) is 4.74 Å². The summed E-state index contributed by atoms with van der Waals surface area (Å²) >= 11 is 3.15. The molecule has 0 bridgehead atoms. The summed E-state index contributed by atoms with van der Waals surface area (Å²) in [6.07, 6.45) is 0. The Kier molecular flexibility index (Phi) is 7.05. The normalized spacial score (nSPS) is 15.4. The molecule has 2 aromatic rings. The molecule has 1 N–H and O–H groups in total. The summed E-state index contributed by atoms with van der Waals surface area (Å²) in [5.41, 5.74) is 0.537. The quantitative estimate of drug-likeness (QED) is 0.713. The number of halogens is 2. The summed E-state index contributed by atoms with van der Waals surface area (Å²) in [6.45, 7) is -0.373. The summed E-state index contributed by atoms with van der Waals surface area (Å²) in [4.78, 5) is 11.4. The van der Waals surface area contributed by atoms with Crippen LogP contribution in [-0.4, -0.2) is 72.3 Å². The van der Waals surface area contributed by atoms with Crippen molar-refractivity contribution in [3.63, 3.8) is 0 Å². The molecule has 0 aromatic heterocycles. The Hall–Kier alpha value is -0.494. The van der Waals surface area contributed by atoms with Crippen LogP contribution in [0.15, 0.2) is 46.9 Å². The van der Waals surface area contributed by atoms with Crippen molar-refractivity contribution in [1.82, 2.24) is 4.72 Å². The van der Waals surface area contributed by atoms with Gasteiger partial charge in [0, 0.05) is 4.47 Å². The number of carbonyl (C=O) groups excluding carboxylic acids is 1. The number of ether oxygens (including phenoxy) is 1. The van der Waals surface area contributed by atoms with Gasteiger partial charge in [-0.3, -0.25) is 4.79 Å². The van der Waals surface area contributed by atoms with Crippen LogP contribution in [0.5, 0.6) is 5.75 Å². The zero-order chi connectivity index (χ0) is 17.3. The fraction of sp³-hybridized carbons (Fsp3) is 0.133. The van der Waals surface area contributed by atoms with Crippen LogP contribution < -0.4 is 13.8 Å². The standard InChI is InChI=1S/C15H12BrFN2O4S.K.H/c16-11-6-12(17)15(19-8-14(20)18-24(19,21)22)13(7-11)23-9-10-4-2-1-3-5-10;;/h1-7H,8-9H2,(H,18,20);;. The molecule has 128 valence electrons. The first-order valence-corrected chi connectivity index (χ1v) is 9.09. The number of nitrogens with zero attached hydrogens (tertiary/aromatic N) is 1. The van der Waals surface area contributed by atoms with Crippen molar-refractivity contribution in [1.29, 1.82) is 0 Å². The van der Waals surface area contributed by atoms with E-state index < -0.39 is 28.5 Å². The Balaban J connectivity index is 0.00000225. The van der Waals surface area contributed by atoms with Crippen molar-refractivity contribution in [2.24, 2.45) is 0 Å². The molecule has 1 amide bonds. The van der Waals surface area contributed by atoms with Gasteiger partial charge in [0.05, 0.1) is 0 Å². The topological polar surface area (TPSA) is 75.7 Å². The molecule has 1 aliphatic rings. The van der Waals surface area contributed by atoms with Gasteiger partial charge in [-0.25, -0.2) is 13.4 Å². The van der Waals surface area contributed by atoms with Crippen LogP contribution in [0.2, 0.25) is 0 Å². The maximum absolute atomic E-state index is 14.4. The number of benzene rings is 2. The molecule has 0 unspecified atom stereocenters. The Bertz CT molecular complexity index is 896. The molecule has 10 heteroatoms. The second-order valence-electron chi connectivity index (χ2n) is 5.05. The van der Waals surface area contributed by atoms with E-state index in [-0.39, 0.29) is 69.4 Å². The average Bonchev–Trinajstić information content (AvgIpc) is 2.78. The van der Waals surface area contributed by atoms with Crippen LogP contribution in [0, 0.1) is 5.82 Å². The van der Waals surface area contributed by atoms with Crippen LogP contribution in [0.3, 0.4) is 0 Å². The van der Waals surface area contributed by atoms with Crippen molar-refractivity contribution in [2.45, 2.75) is 6.61 Å². The van der Waals surface area contributed by atoms with Gasteiger partial charge >= 0.3 is 61.6 Å². The Labute approximate surface area is 195 Å². The number of hydrogen-bond donors (Lipinski definition) is 1. The molecule has 0 aliphatic carbocycles. The monoisotopic (exact) mass is 454 g/mol. The first kappa shape index (κ1) is 20.8. The molecule has 0 saturated carbocycles. The van der Waals surface area contributed by atoms with Crippen LogP contribution in [0.25, 0.3) is 0 Å². The van der Waals surface area contributed by atoms with Crippen LogP contribution >= 0.6 is 15.9 Å². The van der Waals surface area contributed by atoms with Gasteiger partial charge in [-0.1, -0.05) is 46.3 Å². The third-order valence-corrected chi connectivity index (χ3v) is 5.14. The van der Waals surface area contributed by atoms with Crippen molar-refractivity contribution in [2.75, 3.05) is 10.8 Å². The third kappa shape index (κ3) is 4.82. The predicted octanol–water partition coefficient (Wildman–Crippen LogP) is 1.70. The van der Waals surface area contributed by atoms with Crippen molar-refractivity contribution in [3.05, 3.63) is 58.3 Å². The molecule has 0 spiro atoms. The first-order valence-electron chi connectivity index (χ1n) is 6.86. The second kappa shape index (κ2) is 8.46. The number of hydrogen-bond acceptors (Lipinski definition) is 4. The molecular weight excluding hydrogens is 442 g/mol. The minimum absolute atomic E-state index is 0. The fourth-order valence-electron chi connectivity index (χ4n) is 2.28. The summed E-state index contributed by atoms with van der Waals surface area (Å²) in [6, 6.07) is 11.7. The zero-order valence-corrected chi connectivity index (χ0v) is 14.6. The molecule has 0 radical (unpaired) electrons. The van der Waals surface area contributed by atoms with E-state index in [1.807, 2.05) is 35.1 Å². The summed E-state index contributed by atoms with van der Waals surface area (Å²) in [5, 5.41) is 0. The molecule has 1 aliphatic heterocycles. The molecule has 3 rings (SSSR count). The van der Waals surface area contributed by atoms with Crippen LogP contribution in [0.4, 0.5) is 10.1 Å². The predicted molar refractivity (Wildman–Crippen MR) is 96.4 cm³/mol. The summed E-state index contributed by atoms with van der Waals surface area (Å²) in [5.74, 6) is -1.52. The number of nitrogens with one attached hydrogen (secondary N) is 1. The molecule has 0 atom stereocenters. The van der Waals surface area contributed by atoms with E-state index in [9.17, 15) is 17.6 Å². The Morgan fingerprint density at radius 3 is 2.52 bits per heavy atom. The molecule has 2 aromatic carbocycles. The molecular formula is C15H13BrFKN2O4S. The van der Waals surface area contributed by atoms with Gasteiger partial charge in [0.15, 0.2) is 5.82 Å². The van der Waals surface area contributed by atoms with E-state index in [0.29, 0.717) is 8.78 Å². The average molecular weight is 455 g/mol. The minimum atomic E-state index is -4.13. The van der Waals surface area contributed by atoms with Gasteiger partial charge in [-0.15, -0.1) is 0 Å². The van der Waals surface area contributed by atoms with Gasteiger partial charge in [0.25, 0.3) is 5.91 Å². The van der Waals surface area contributed by atoms with Crippen molar-refractivity contribution < 1.29 is 22.3 Å². The van der Waals surface area contributed by atoms with Gasteiger partial charge < -0.3 is 4.74 Å². The molecule has 6 nitrogen and oxygen atoms in total. The van der Waals surface area contributed by atoms with Gasteiger partial charge in [-0.2, -0.15) is 8.42 Å². The third-order valence-electron chi connectivity index (χ3n) is 3.30. The maximum atomic E-state index is 14.4. The number of anilines is 1. The second-order valence-corrected chi connectivity index (χ2v) is 7.56. The van der Waals surface area contributed by atoms with Crippen LogP contribution in [0.1, 0.15) is 5.56 Å². The van der Waals surface area contributed by atoms with Crippen molar-refractivity contribution in [3.8, 4) is 5.75 Å². The Morgan fingerprint density at radius 1 is 1.24 bits per heavy atom. The summed E-state index contributed by atoms with van der Waals surface area (Å²) in [7, 11) is -4.13. The van der Waals surface area contributed by atoms with Crippen molar-refractivity contribution >= 4 is 89.1 Å². The van der Waals surface area contributed by atoms with E-state index in [2.05, 4.69) is 15.9 Å². The molecule has 1 heterocycles. The van der Waals surface area contributed by atoms with E-state index in [1.54, 1.807) is 0 Å². The molecule has 1 fully saturated rings. The number of carbonyl (C=O) groups is 1. The Morgan fingerprint density at radius 2 is 1.92 bits per heavy atom. The summed E-state index contributed by atoms with van der Waals surface area (Å²) < 4.78 is 46.9. The van der Waals surface area contributed by atoms with E-state index in [1.165, 1.54) is 6.07 Å². The van der Waals surface area contributed by atoms with Gasteiger partial charge in [0.2, 0.25) is 0 Å². The van der Waals surface area contributed by atoms with Gasteiger partial charge in [0.1, 0.15) is 24.6 Å². The number of rotatable bonds is 4. The van der Waals surface area contributed by atoms with Gasteiger partial charge in [-0.05, 0) is 17.7 Å². The fourth-order valence-corrected chi connectivity index (χ4v) is 3.85. The SMILES string of the molecule is O=C1CN(c2c(F)cc(Br)cc2OCc2ccccc2)S(=O)(=O)N1.[KH]. The van der Waals surface area contributed by atoms with E-state index in [0.717, 1.165) is 11.6 Å². The van der Waals surface area contributed by atoms with E-state index >= 15 is 0 Å². The van der Waals surface area contributed by atoms with Crippen LogP contribution in [-0.2, 0) is 21.6 Å². The molecule has 1 saturated heterocycles. The zero-order valence-electron chi connectivity index (χ0n) is 12.2. The first-order chi connectivity index (χ1) is 11.4. The number of amides is 1.